The van der Waals surface area contributed by atoms with Gasteiger partial charge in [-0.2, -0.15) is 0 Å². The standard InChI is InChI=1S/C19H29N3O4/c1-6-20-19(24)22-10-15(16(11-22)18(23)21-12(2)3)14-9-13(25-4)7-8-17(14)26-5/h7-9,12,15-16H,6,10-11H2,1-5H3,(H,20,24)(H,21,23)/t15-,16+/m0/s1. The van der Waals surface area contributed by atoms with Gasteiger partial charge in [-0.3, -0.25) is 4.79 Å². The fourth-order valence-corrected chi connectivity index (χ4v) is 3.33. The minimum absolute atomic E-state index is 0.0360. The number of benzene rings is 1. The molecule has 0 saturated carbocycles. The van der Waals surface area contributed by atoms with Gasteiger partial charge in [0.15, 0.2) is 0 Å². The third-order valence-corrected chi connectivity index (χ3v) is 4.54. The maximum absolute atomic E-state index is 12.8. The molecule has 3 amide bonds. The Morgan fingerprint density at radius 1 is 1.23 bits per heavy atom. The number of nitrogens with one attached hydrogen (secondary N) is 2. The molecule has 2 atom stereocenters. The lowest BCUT2D eigenvalue weighted by atomic mass is 9.87. The average Bonchev–Trinajstić information content (AvgIpc) is 3.06. The van der Waals surface area contributed by atoms with Crippen molar-refractivity contribution in [2.24, 2.45) is 5.92 Å². The zero-order chi connectivity index (χ0) is 19.3. The van der Waals surface area contributed by atoms with Crippen LogP contribution in [0.1, 0.15) is 32.3 Å². The highest BCUT2D eigenvalue weighted by molar-refractivity contribution is 5.83. The number of likely N-dealkylation sites (tertiary alicyclic amines) is 1. The number of rotatable bonds is 6. The first kappa shape index (κ1) is 19.9. The molecule has 1 aromatic rings. The Balaban J connectivity index is 2.38. The van der Waals surface area contributed by atoms with Crippen molar-refractivity contribution in [2.75, 3.05) is 33.9 Å². The van der Waals surface area contributed by atoms with Crippen molar-refractivity contribution in [2.45, 2.75) is 32.7 Å². The van der Waals surface area contributed by atoms with E-state index in [4.69, 9.17) is 9.47 Å². The van der Waals surface area contributed by atoms with Crippen molar-refractivity contribution < 1.29 is 19.1 Å². The van der Waals surface area contributed by atoms with Crippen LogP contribution in [0.25, 0.3) is 0 Å². The average molecular weight is 363 g/mol. The van der Waals surface area contributed by atoms with Crippen LogP contribution >= 0.6 is 0 Å². The third kappa shape index (κ3) is 4.39. The van der Waals surface area contributed by atoms with Crippen molar-refractivity contribution >= 4 is 11.9 Å². The highest BCUT2D eigenvalue weighted by Gasteiger charge is 2.41. The van der Waals surface area contributed by atoms with E-state index >= 15 is 0 Å². The van der Waals surface area contributed by atoms with E-state index in [-0.39, 0.29) is 29.8 Å². The van der Waals surface area contributed by atoms with E-state index in [1.807, 2.05) is 39.0 Å². The van der Waals surface area contributed by atoms with Gasteiger partial charge in [0.05, 0.1) is 20.1 Å². The Kier molecular flexibility index (Phi) is 6.71. The summed E-state index contributed by atoms with van der Waals surface area (Å²) in [6.07, 6.45) is 0. The number of methoxy groups -OCH3 is 2. The van der Waals surface area contributed by atoms with Crippen molar-refractivity contribution in [3.05, 3.63) is 23.8 Å². The number of ether oxygens (including phenoxy) is 2. The molecular weight excluding hydrogens is 334 g/mol. The van der Waals surface area contributed by atoms with E-state index in [1.165, 1.54) is 0 Å². The van der Waals surface area contributed by atoms with E-state index in [2.05, 4.69) is 10.6 Å². The molecule has 7 nitrogen and oxygen atoms in total. The van der Waals surface area contributed by atoms with Crippen LogP contribution in [0.3, 0.4) is 0 Å². The Morgan fingerprint density at radius 3 is 2.54 bits per heavy atom. The highest BCUT2D eigenvalue weighted by Crippen LogP contribution is 2.39. The first-order valence-electron chi connectivity index (χ1n) is 8.96. The van der Waals surface area contributed by atoms with Crippen molar-refractivity contribution in [1.29, 1.82) is 0 Å². The zero-order valence-electron chi connectivity index (χ0n) is 16.2. The van der Waals surface area contributed by atoms with Crippen LogP contribution < -0.4 is 20.1 Å². The van der Waals surface area contributed by atoms with Crippen LogP contribution in [0.5, 0.6) is 11.5 Å². The quantitative estimate of drug-likeness (QED) is 0.810. The summed E-state index contributed by atoms with van der Waals surface area (Å²) in [5.74, 6) is 0.820. The number of carbonyl (C=O) groups excluding carboxylic acids is 2. The first-order valence-corrected chi connectivity index (χ1v) is 8.96. The van der Waals surface area contributed by atoms with Crippen LogP contribution in [0, 0.1) is 5.92 Å². The highest BCUT2D eigenvalue weighted by atomic mass is 16.5. The lowest BCUT2D eigenvalue weighted by Crippen LogP contribution is -2.41. The Labute approximate surface area is 155 Å². The maximum atomic E-state index is 12.8. The molecule has 0 aromatic heterocycles. The molecule has 1 heterocycles. The molecule has 2 N–H and O–H groups in total. The smallest absolute Gasteiger partial charge is 0.317 e. The number of nitrogens with zero attached hydrogens (tertiary/aromatic N) is 1. The summed E-state index contributed by atoms with van der Waals surface area (Å²) in [7, 11) is 3.20. The summed E-state index contributed by atoms with van der Waals surface area (Å²) in [5, 5.41) is 5.78. The van der Waals surface area contributed by atoms with Gasteiger partial charge >= 0.3 is 6.03 Å². The fourth-order valence-electron chi connectivity index (χ4n) is 3.33. The molecule has 144 valence electrons. The van der Waals surface area contributed by atoms with Crippen LogP contribution in [-0.2, 0) is 4.79 Å². The van der Waals surface area contributed by atoms with Crippen LogP contribution in [0.4, 0.5) is 4.79 Å². The summed E-state index contributed by atoms with van der Waals surface area (Å²) in [6.45, 7) is 7.09. The molecule has 1 saturated heterocycles. The number of amides is 3. The van der Waals surface area contributed by atoms with Gasteiger partial charge < -0.3 is 25.0 Å². The maximum Gasteiger partial charge on any atom is 0.317 e. The molecule has 0 unspecified atom stereocenters. The van der Waals surface area contributed by atoms with Crippen molar-refractivity contribution in [3.63, 3.8) is 0 Å². The zero-order valence-corrected chi connectivity index (χ0v) is 16.2. The lowest BCUT2D eigenvalue weighted by molar-refractivity contribution is -0.125. The summed E-state index contributed by atoms with van der Waals surface area (Å²) in [6, 6.07) is 5.43. The second kappa shape index (κ2) is 8.78. The number of hydrogen-bond acceptors (Lipinski definition) is 4. The Hall–Kier alpha value is -2.44. The predicted octanol–water partition coefficient (Wildman–Crippen LogP) is 1.97. The molecule has 1 fully saturated rings. The predicted molar refractivity (Wildman–Crippen MR) is 99.7 cm³/mol. The van der Waals surface area contributed by atoms with Gasteiger partial charge in [0, 0.05) is 37.2 Å². The summed E-state index contributed by atoms with van der Waals surface area (Å²) in [4.78, 5) is 26.8. The minimum atomic E-state index is -0.346. The van der Waals surface area contributed by atoms with Gasteiger partial charge in [0.2, 0.25) is 5.91 Å². The van der Waals surface area contributed by atoms with Crippen LogP contribution in [0.15, 0.2) is 18.2 Å². The van der Waals surface area contributed by atoms with Gasteiger partial charge in [-0.05, 0) is 39.0 Å². The third-order valence-electron chi connectivity index (χ3n) is 4.54. The molecule has 0 radical (unpaired) electrons. The number of urea groups is 1. The van der Waals surface area contributed by atoms with E-state index < -0.39 is 0 Å². The molecule has 0 spiro atoms. The van der Waals surface area contributed by atoms with Crippen molar-refractivity contribution in [3.8, 4) is 11.5 Å². The van der Waals surface area contributed by atoms with Gasteiger partial charge in [-0.1, -0.05) is 0 Å². The van der Waals surface area contributed by atoms with E-state index in [0.29, 0.717) is 31.1 Å². The SMILES string of the molecule is CCNC(=O)N1C[C@@H](C(=O)NC(C)C)[C@H](c2cc(OC)ccc2OC)C1. The van der Waals surface area contributed by atoms with Gasteiger partial charge in [-0.15, -0.1) is 0 Å². The largest absolute Gasteiger partial charge is 0.497 e. The minimum Gasteiger partial charge on any atom is -0.497 e. The molecule has 1 aromatic carbocycles. The van der Waals surface area contributed by atoms with Gasteiger partial charge in [-0.25, -0.2) is 4.79 Å². The monoisotopic (exact) mass is 363 g/mol. The molecule has 2 rings (SSSR count). The summed E-state index contributed by atoms with van der Waals surface area (Å²) in [5.41, 5.74) is 0.877. The first-order chi connectivity index (χ1) is 12.4. The van der Waals surface area contributed by atoms with E-state index in [0.717, 1.165) is 5.56 Å². The fraction of sp³-hybridized carbons (Fsp3) is 0.579. The van der Waals surface area contributed by atoms with E-state index in [9.17, 15) is 9.59 Å². The topological polar surface area (TPSA) is 79.9 Å². The van der Waals surface area contributed by atoms with Crippen molar-refractivity contribution in [1.82, 2.24) is 15.5 Å². The lowest BCUT2D eigenvalue weighted by Gasteiger charge is -2.21. The second-order valence-corrected chi connectivity index (χ2v) is 6.72. The Morgan fingerprint density at radius 2 is 1.96 bits per heavy atom. The summed E-state index contributed by atoms with van der Waals surface area (Å²) >= 11 is 0. The second-order valence-electron chi connectivity index (χ2n) is 6.72. The molecule has 0 bridgehead atoms. The van der Waals surface area contributed by atoms with Crippen LogP contribution in [0.2, 0.25) is 0 Å². The number of hydrogen-bond donors (Lipinski definition) is 2. The molecule has 26 heavy (non-hydrogen) atoms. The molecule has 1 aliphatic heterocycles. The normalized spacial score (nSPS) is 19.4. The summed E-state index contributed by atoms with van der Waals surface area (Å²) < 4.78 is 10.8. The van der Waals surface area contributed by atoms with Gasteiger partial charge in [0.25, 0.3) is 0 Å². The molecule has 0 aliphatic carbocycles. The van der Waals surface area contributed by atoms with Crippen LogP contribution in [-0.4, -0.2) is 56.7 Å². The molecular formula is C19H29N3O4. The molecule has 1 aliphatic rings. The van der Waals surface area contributed by atoms with Gasteiger partial charge in [0.1, 0.15) is 11.5 Å². The Bertz CT molecular complexity index is 648. The molecule has 7 heteroatoms. The van der Waals surface area contributed by atoms with E-state index in [1.54, 1.807) is 19.1 Å². The number of carbonyl (C=O) groups is 2.